The van der Waals surface area contributed by atoms with Gasteiger partial charge in [-0.1, -0.05) is 45.4 Å². The molecule has 1 aliphatic heterocycles. The molecule has 1 aliphatic rings. The number of carbonyl (C=O) groups excluding carboxylic acids is 3. The Kier molecular flexibility index (Phi) is 5.98. The van der Waals surface area contributed by atoms with Crippen molar-refractivity contribution >= 4 is 39.3 Å². The van der Waals surface area contributed by atoms with Gasteiger partial charge >= 0.3 is 0 Å². The third kappa shape index (κ3) is 3.61. The fourth-order valence-electron chi connectivity index (χ4n) is 3.40. The van der Waals surface area contributed by atoms with Crippen LogP contribution in [0.4, 0.5) is 5.69 Å². The minimum Gasteiger partial charge on any atom is -0.323 e. The number of fused-ring (bicyclic) bond motifs is 1. The summed E-state index contributed by atoms with van der Waals surface area (Å²) in [4.78, 5) is 40.1. The van der Waals surface area contributed by atoms with Gasteiger partial charge in [-0.15, -0.1) is 0 Å². The van der Waals surface area contributed by atoms with E-state index < -0.39 is 17.9 Å². The smallest absolute Gasteiger partial charge is 0.262 e. The van der Waals surface area contributed by atoms with Crippen LogP contribution >= 0.6 is 15.9 Å². The van der Waals surface area contributed by atoms with Crippen LogP contribution < -0.4 is 5.32 Å². The molecule has 5 nitrogen and oxygen atoms in total. The molecule has 0 saturated carbocycles. The number of nitrogens with zero attached hydrogens (tertiary/aromatic N) is 1. The molecule has 0 aromatic heterocycles. The van der Waals surface area contributed by atoms with Gasteiger partial charge in [-0.25, -0.2) is 0 Å². The molecule has 3 rings (SSSR count). The summed E-state index contributed by atoms with van der Waals surface area (Å²) >= 11 is 3.49. The standard InChI is InChI=1S/C22H23BrN2O3/c1-4-13(3)19(20(26)24-18-11-10-14(5-2)12-17(18)23)25-21(27)15-8-6-7-9-16(15)22(25)28/h6-13,19H,4-5H2,1-3H3,(H,24,26). The van der Waals surface area contributed by atoms with Crippen molar-refractivity contribution in [2.24, 2.45) is 5.92 Å². The van der Waals surface area contributed by atoms with E-state index in [0.29, 0.717) is 23.2 Å². The summed E-state index contributed by atoms with van der Waals surface area (Å²) in [7, 11) is 0. The van der Waals surface area contributed by atoms with Gasteiger partial charge in [-0.2, -0.15) is 0 Å². The van der Waals surface area contributed by atoms with Crippen molar-refractivity contribution < 1.29 is 14.4 Å². The van der Waals surface area contributed by atoms with Gasteiger partial charge < -0.3 is 5.32 Å². The lowest BCUT2D eigenvalue weighted by atomic mass is 9.96. The number of carbonyl (C=O) groups is 3. The Morgan fingerprint density at radius 1 is 1.07 bits per heavy atom. The molecule has 0 fully saturated rings. The van der Waals surface area contributed by atoms with E-state index in [1.807, 2.05) is 32.0 Å². The molecular weight excluding hydrogens is 420 g/mol. The molecule has 0 bridgehead atoms. The highest BCUT2D eigenvalue weighted by atomic mass is 79.9. The number of anilines is 1. The molecule has 2 atom stereocenters. The molecule has 2 aromatic rings. The molecule has 0 spiro atoms. The Hall–Kier alpha value is -2.47. The first-order valence-corrected chi connectivity index (χ1v) is 10.2. The summed E-state index contributed by atoms with van der Waals surface area (Å²) in [5.74, 6) is -1.38. The predicted molar refractivity (Wildman–Crippen MR) is 112 cm³/mol. The molecule has 0 radical (unpaired) electrons. The molecule has 2 aromatic carbocycles. The first kappa shape index (κ1) is 20.3. The lowest BCUT2D eigenvalue weighted by Crippen LogP contribution is -2.50. The van der Waals surface area contributed by atoms with Gasteiger partial charge in [0.1, 0.15) is 6.04 Å². The van der Waals surface area contributed by atoms with Crippen LogP contribution in [0.1, 0.15) is 53.5 Å². The number of aryl methyl sites for hydroxylation is 1. The van der Waals surface area contributed by atoms with E-state index in [2.05, 4.69) is 28.2 Å². The molecular formula is C22H23BrN2O3. The van der Waals surface area contributed by atoms with Crippen LogP contribution in [0.2, 0.25) is 0 Å². The molecule has 1 N–H and O–H groups in total. The van der Waals surface area contributed by atoms with Gasteiger partial charge in [0.25, 0.3) is 11.8 Å². The van der Waals surface area contributed by atoms with Crippen molar-refractivity contribution in [2.75, 3.05) is 5.32 Å². The van der Waals surface area contributed by atoms with Gasteiger partial charge in [0.15, 0.2) is 0 Å². The number of amides is 3. The number of imide groups is 1. The minimum atomic E-state index is -0.879. The van der Waals surface area contributed by atoms with Gasteiger partial charge in [0.2, 0.25) is 5.91 Å². The number of benzene rings is 2. The fraction of sp³-hybridized carbons (Fsp3) is 0.318. The number of hydrogen-bond acceptors (Lipinski definition) is 3. The van der Waals surface area contributed by atoms with Gasteiger partial charge in [0, 0.05) is 4.47 Å². The summed E-state index contributed by atoms with van der Waals surface area (Å²) in [6, 6.07) is 11.5. The maximum atomic E-state index is 13.2. The average molecular weight is 443 g/mol. The maximum absolute atomic E-state index is 13.2. The molecule has 0 saturated heterocycles. The first-order chi connectivity index (χ1) is 13.4. The van der Waals surface area contributed by atoms with Crippen molar-refractivity contribution in [3.63, 3.8) is 0 Å². The van der Waals surface area contributed by atoms with Crippen LogP contribution in [0.5, 0.6) is 0 Å². The Balaban J connectivity index is 1.92. The van der Waals surface area contributed by atoms with Gasteiger partial charge in [-0.3, -0.25) is 19.3 Å². The normalized spacial score (nSPS) is 15.4. The number of nitrogens with one attached hydrogen (secondary N) is 1. The zero-order valence-corrected chi connectivity index (χ0v) is 17.7. The SMILES string of the molecule is CCc1ccc(NC(=O)C(C(C)CC)N2C(=O)c3ccccc3C2=O)c(Br)c1. The van der Waals surface area contributed by atoms with Crippen LogP contribution in [0, 0.1) is 5.92 Å². The largest absolute Gasteiger partial charge is 0.323 e. The Bertz CT molecular complexity index is 906. The van der Waals surface area contributed by atoms with Crippen molar-refractivity contribution in [2.45, 2.75) is 39.7 Å². The van der Waals surface area contributed by atoms with E-state index in [0.717, 1.165) is 21.4 Å². The van der Waals surface area contributed by atoms with Crippen LogP contribution in [0.15, 0.2) is 46.9 Å². The van der Waals surface area contributed by atoms with Crippen LogP contribution in [-0.4, -0.2) is 28.7 Å². The Labute approximate surface area is 173 Å². The zero-order chi connectivity index (χ0) is 20.4. The van der Waals surface area contributed by atoms with Gasteiger partial charge in [-0.05, 0) is 58.1 Å². The molecule has 3 amide bonds. The van der Waals surface area contributed by atoms with E-state index in [-0.39, 0.29) is 11.8 Å². The highest BCUT2D eigenvalue weighted by Gasteiger charge is 2.44. The molecule has 6 heteroatoms. The average Bonchev–Trinajstić information content (AvgIpc) is 2.95. The molecule has 2 unspecified atom stereocenters. The lowest BCUT2D eigenvalue weighted by Gasteiger charge is -2.30. The molecule has 28 heavy (non-hydrogen) atoms. The number of halogens is 1. The van der Waals surface area contributed by atoms with Gasteiger partial charge in [0.05, 0.1) is 16.8 Å². The highest BCUT2D eigenvalue weighted by Crippen LogP contribution is 2.30. The quantitative estimate of drug-likeness (QED) is 0.661. The topological polar surface area (TPSA) is 66.5 Å². The van der Waals surface area contributed by atoms with Crippen LogP contribution in [0.25, 0.3) is 0 Å². The molecule has 146 valence electrons. The summed E-state index contributed by atoms with van der Waals surface area (Å²) in [5, 5.41) is 2.89. The highest BCUT2D eigenvalue weighted by molar-refractivity contribution is 9.10. The fourth-order valence-corrected chi connectivity index (χ4v) is 3.93. The monoisotopic (exact) mass is 442 g/mol. The van der Waals surface area contributed by atoms with Crippen molar-refractivity contribution in [3.8, 4) is 0 Å². The van der Waals surface area contributed by atoms with E-state index >= 15 is 0 Å². The molecule has 1 heterocycles. The van der Waals surface area contributed by atoms with E-state index in [1.54, 1.807) is 24.3 Å². The number of hydrogen-bond donors (Lipinski definition) is 1. The molecule has 0 aliphatic carbocycles. The van der Waals surface area contributed by atoms with Crippen molar-refractivity contribution in [1.29, 1.82) is 0 Å². The summed E-state index contributed by atoms with van der Waals surface area (Å²) in [6.45, 7) is 5.87. The number of rotatable bonds is 6. The van der Waals surface area contributed by atoms with E-state index in [4.69, 9.17) is 0 Å². The van der Waals surface area contributed by atoms with Crippen molar-refractivity contribution in [3.05, 3.63) is 63.6 Å². The summed E-state index contributed by atoms with van der Waals surface area (Å²) in [6.07, 6.45) is 1.54. The summed E-state index contributed by atoms with van der Waals surface area (Å²) < 4.78 is 0.769. The van der Waals surface area contributed by atoms with Crippen molar-refractivity contribution in [1.82, 2.24) is 4.90 Å². The second-order valence-electron chi connectivity index (χ2n) is 7.01. The predicted octanol–water partition coefficient (Wildman–Crippen LogP) is 4.66. The second kappa shape index (κ2) is 8.27. The Morgan fingerprint density at radius 3 is 2.18 bits per heavy atom. The zero-order valence-electron chi connectivity index (χ0n) is 16.2. The maximum Gasteiger partial charge on any atom is 0.262 e. The first-order valence-electron chi connectivity index (χ1n) is 9.45. The minimum absolute atomic E-state index is 0.184. The van der Waals surface area contributed by atoms with Crippen LogP contribution in [-0.2, 0) is 11.2 Å². The third-order valence-corrected chi connectivity index (χ3v) is 5.91. The van der Waals surface area contributed by atoms with E-state index in [1.165, 1.54) is 0 Å². The second-order valence-corrected chi connectivity index (χ2v) is 7.87. The summed E-state index contributed by atoms with van der Waals surface area (Å²) in [5.41, 5.74) is 2.46. The van der Waals surface area contributed by atoms with Crippen LogP contribution in [0.3, 0.4) is 0 Å². The van der Waals surface area contributed by atoms with E-state index in [9.17, 15) is 14.4 Å². The third-order valence-electron chi connectivity index (χ3n) is 5.25. The Morgan fingerprint density at radius 2 is 1.68 bits per heavy atom. The lowest BCUT2D eigenvalue weighted by molar-refractivity contribution is -0.121.